The Morgan fingerprint density at radius 3 is 2.96 bits per heavy atom. The summed E-state index contributed by atoms with van der Waals surface area (Å²) in [6.45, 7) is 5.05. The number of rotatable bonds is 5. The Labute approximate surface area is 164 Å². The Bertz CT molecular complexity index is 769. The Hall–Kier alpha value is -1.92. The Kier molecular flexibility index (Phi) is 5.45. The van der Waals surface area contributed by atoms with Gasteiger partial charge in [-0.2, -0.15) is 0 Å². The number of hydrogen-bond donors (Lipinski definition) is 0. The lowest BCUT2D eigenvalue weighted by Crippen LogP contribution is -2.49. The van der Waals surface area contributed by atoms with Crippen LogP contribution in [0.15, 0.2) is 36.0 Å². The van der Waals surface area contributed by atoms with Crippen molar-refractivity contribution in [3.63, 3.8) is 0 Å². The van der Waals surface area contributed by atoms with Gasteiger partial charge in [0.15, 0.2) is 0 Å². The molecule has 1 spiro atoms. The molecule has 144 valence electrons. The van der Waals surface area contributed by atoms with Gasteiger partial charge in [-0.1, -0.05) is 0 Å². The van der Waals surface area contributed by atoms with Gasteiger partial charge >= 0.3 is 0 Å². The number of aromatic nitrogens is 1. The van der Waals surface area contributed by atoms with E-state index in [4.69, 9.17) is 9.47 Å². The van der Waals surface area contributed by atoms with Crippen molar-refractivity contribution in [3.05, 3.63) is 46.4 Å². The van der Waals surface area contributed by atoms with E-state index in [1.165, 1.54) is 0 Å². The van der Waals surface area contributed by atoms with E-state index < -0.39 is 0 Å². The molecule has 0 saturated carbocycles. The highest BCUT2D eigenvalue weighted by Gasteiger charge is 2.46. The van der Waals surface area contributed by atoms with Crippen LogP contribution in [-0.4, -0.2) is 47.7 Å². The molecule has 2 aliphatic heterocycles. The highest BCUT2D eigenvalue weighted by Crippen LogP contribution is 2.42. The molecule has 4 heterocycles. The van der Waals surface area contributed by atoms with E-state index in [2.05, 4.69) is 4.98 Å². The molecule has 1 atom stereocenters. The van der Waals surface area contributed by atoms with E-state index in [1.807, 2.05) is 35.4 Å². The quantitative estimate of drug-likeness (QED) is 0.781. The van der Waals surface area contributed by atoms with Gasteiger partial charge in [0, 0.05) is 25.9 Å². The summed E-state index contributed by atoms with van der Waals surface area (Å²) in [5, 5.41) is 1.99. The zero-order chi connectivity index (χ0) is 18.7. The van der Waals surface area contributed by atoms with Crippen molar-refractivity contribution in [3.8, 4) is 5.75 Å². The number of aryl methyl sites for hydroxylation is 1. The summed E-state index contributed by atoms with van der Waals surface area (Å²) >= 11 is 1.54. The zero-order valence-corrected chi connectivity index (χ0v) is 16.5. The Balaban J connectivity index is 1.32. The first-order valence-electron chi connectivity index (χ1n) is 9.68. The molecule has 0 N–H and O–H groups in total. The van der Waals surface area contributed by atoms with Crippen molar-refractivity contribution < 1.29 is 14.3 Å². The third kappa shape index (κ3) is 3.87. The summed E-state index contributed by atoms with van der Waals surface area (Å²) in [5.74, 6) is 1.49. The molecule has 0 aliphatic carbocycles. The molecule has 2 aromatic rings. The maximum Gasteiger partial charge on any atom is 0.264 e. The fourth-order valence-electron chi connectivity index (χ4n) is 4.32. The van der Waals surface area contributed by atoms with E-state index in [-0.39, 0.29) is 11.5 Å². The van der Waals surface area contributed by atoms with Crippen molar-refractivity contribution in [2.45, 2.75) is 38.2 Å². The minimum Gasteiger partial charge on any atom is -0.492 e. The summed E-state index contributed by atoms with van der Waals surface area (Å²) in [6.07, 6.45) is 7.39. The second kappa shape index (κ2) is 7.98. The lowest BCUT2D eigenvalue weighted by atomic mass is 9.78. The number of thiophene rings is 1. The SMILES string of the molecule is Cc1ccsc1C(=O)N1CCC2(CC1)OCCC2CCOc1cccnc1. The van der Waals surface area contributed by atoms with E-state index in [0.717, 1.165) is 61.6 Å². The average molecular weight is 387 g/mol. The third-order valence-electron chi connectivity index (χ3n) is 5.92. The van der Waals surface area contributed by atoms with Crippen LogP contribution in [0.2, 0.25) is 0 Å². The van der Waals surface area contributed by atoms with Gasteiger partial charge < -0.3 is 14.4 Å². The van der Waals surface area contributed by atoms with Crippen LogP contribution in [0.1, 0.15) is 40.9 Å². The van der Waals surface area contributed by atoms with E-state index >= 15 is 0 Å². The van der Waals surface area contributed by atoms with Crippen molar-refractivity contribution in [2.24, 2.45) is 5.92 Å². The van der Waals surface area contributed by atoms with Gasteiger partial charge in [-0.3, -0.25) is 9.78 Å². The molecular formula is C21H26N2O3S. The third-order valence-corrected chi connectivity index (χ3v) is 6.93. The summed E-state index contributed by atoms with van der Waals surface area (Å²) in [4.78, 5) is 19.7. The smallest absolute Gasteiger partial charge is 0.264 e. The molecule has 0 bridgehead atoms. The largest absolute Gasteiger partial charge is 0.492 e. The van der Waals surface area contributed by atoms with Crippen LogP contribution in [-0.2, 0) is 4.74 Å². The summed E-state index contributed by atoms with van der Waals surface area (Å²) in [7, 11) is 0. The average Bonchev–Trinajstić information content (AvgIpc) is 3.29. The molecular weight excluding hydrogens is 360 g/mol. The molecule has 6 heteroatoms. The zero-order valence-electron chi connectivity index (χ0n) is 15.7. The van der Waals surface area contributed by atoms with E-state index in [9.17, 15) is 4.79 Å². The molecule has 27 heavy (non-hydrogen) atoms. The van der Waals surface area contributed by atoms with Crippen molar-refractivity contribution >= 4 is 17.2 Å². The first-order valence-corrected chi connectivity index (χ1v) is 10.6. The predicted octanol–water partition coefficient (Wildman–Crippen LogP) is 3.93. The van der Waals surface area contributed by atoms with Gasteiger partial charge in [-0.15, -0.1) is 11.3 Å². The Morgan fingerprint density at radius 2 is 2.26 bits per heavy atom. The molecule has 0 aromatic carbocycles. The number of carbonyl (C=O) groups excluding carboxylic acids is 1. The van der Waals surface area contributed by atoms with Crippen LogP contribution in [0.5, 0.6) is 5.75 Å². The van der Waals surface area contributed by atoms with Gasteiger partial charge in [-0.05, 0) is 67.7 Å². The summed E-state index contributed by atoms with van der Waals surface area (Å²) < 4.78 is 12.1. The van der Waals surface area contributed by atoms with Crippen LogP contribution in [0.3, 0.4) is 0 Å². The Morgan fingerprint density at radius 1 is 1.41 bits per heavy atom. The molecule has 2 fully saturated rings. The van der Waals surface area contributed by atoms with Gasteiger partial charge in [-0.25, -0.2) is 0 Å². The minimum absolute atomic E-state index is 0.0838. The fraction of sp³-hybridized carbons (Fsp3) is 0.524. The lowest BCUT2D eigenvalue weighted by Gasteiger charge is -2.42. The topological polar surface area (TPSA) is 51.7 Å². The molecule has 2 aliphatic rings. The minimum atomic E-state index is -0.0838. The van der Waals surface area contributed by atoms with Crippen LogP contribution in [0, 0.1) is 12.8 Å². The molecule has 1 amide bonds. The van der Waals surface area contributed by atoms with Crippen LogP contribution < -0.4 is 4.74 Å². The van der Waals surface area contributed by atoms with Crippen molar-refractivity contribution in [1.82, 2.24) is 9.88 Å². The van der Waals surface area contributed by atoms with Crippen LogP contribution >= 0.6 is 11.3 Å². The standard InChI is InChI=1S/C21H26N2O3S/c1-16-6-14-27-19(16)20(24)23-10-7-21(8-11-23)17(5-13-26-21)4-12-25-18-3-2-9-22-15-18/h2-3,6,9,14-15,17H,4-5,7-8,10-13H2,1H3. The fourth-order valence-corrected chi connectivity index (χ4v) is 5.21. The van der Waals surface area contributed by atoms with Gasteiger partial charge in [0.25, 0.3) is 5.91 Å². The molecule has 5 nitrogen and oxygen atoms in total. The van der Waals surface area contributed by atoms with Gasteiger partial charge in [0.05, 0.1) is 23.3 Å². The number of pyridine rings is 1. The monoisotopic (exact) mass is 386 g/mol. The van der Waals surface area contributed by atoms with E-state index in [0.29, 0.717) is 12.5 Å². The van der Waals surface area contributed by atoms with Crippen molar-refractivity contribution in [2.75, 3.05) is 26.3 Å². The normalized spacial score (nSPS) is 21.5. The second-order valence-electron chi connectivity index (χ2n) is 7.45. The summed E-state index contributed by atoms with van der Waals surface area (Å²) in [5.41, 5.74) is 0.993. The van der Waals surface area contributed by atoms with Crippen LogP contribution in [0.4, 0.5) is 0 Å². The number of nitrogens with zero attached hydrogens (tertiary/aromatic N) is 2. The highest BCUT2D eigenvalue weighted by atomic mass is 32.1. The van der Waals surface area contributed by atoms with Gasteiger partial charge in [0.1, 0.15) is 5.75 Å². The number of piperidine rings is 1. The highest BCUT2D eigenvalue weighted by molar-refractivity contribution is 7.12. The number of amides is 1. The maximum atomic E-state index is 12.8. The second-order valence-corrected chi connectivity index (χ2v) is 8.37. The van der Waals surface area contributed by atoms with Crippen LogP contribution in [0.25, 0.3) is 0 Å². The number of hydrogen-bond acceptors (Lipinski definition) is 5. The number of ether oxygens (including phenoxy) is 2. The lowest BCUT2D eigenvalue weighted by molar-refractivity contribution is -0.0648. The molecule has 1 unspecified atom stereocenters. The maximum absolute atomic E-state index is 12.8. The molecule has 0 radical (unpaired) electrons. The van der Waals surface area contributed by atoms with Crippen molar-refractivity contribution in [1.29, 1.82) is 0 Å². The number of likely N-dealkylation sites (tertiary alicyclic amines) is 1. The first-order chi connectivity index (χ1) is 13.2. The predicted molar refractivity (Wildman–Crippen MR) is 105 cm³/mol. The first kappa shape index (κ1) is 18.4. The van der Waals surface area contributed by atoms with E-state index in [1.54, 1.807) is 23.7 Å². The summed E-state index contributed by atoms with van der Waals surface area (Å²) in [6, 6.07) is 5.84. The molecule has 4 rings (SSSR count). The van der Waals surface area contributed by atoms with Gasteiger partial charge in [0.2, 0.25) is 0 Å². The number of carbonyl (C=O) groups is 1. The molecule has 2 saturated heterocycles. The molecule has 2 aromatic heterocycles.